The molecule has 24 heavy (non-hydrogen) atoms. The van der Waals surface area contributed by atoms with Gasteiger partial charge in [-0.3, -0.25) is 4.79 Å². The minimum absolute atomic E-state index is 0.0307. The van der Waals surface area contributed by atoms with Crippen LogP contribution in [0.4, 0.5) is 0 Å². The van der Waals surface area contributed by atoms with Gasteiger partial charge in [-0.25, -0.2) is 0 Å². The fourth-order valence-corrected chi connectivity index (χ4v) is 2.43. The number of carbonyl (C=O) groups excluding carboxylic acids is 1. The number of benzene rings is 2. The number of methoxy groups -OCH3 is 2. The molecule has 2 aromatic carbocycles. The molecule has 4 heteroatoms. The molecule has 0 saturated carbocycles. The zero-order chi connectivity index (χ0) is 17.4. The maximum atomic E-state index is 11.1. The first kappa shape index (κ1) is 17.6. The molecule has 0 unspecified atom stereocenters. The van der Waals surface area contributed by atoms with Crippen molar-refractivity contribution in [1.82, 2.24) is 5.32 Å². The Bertz CT molecular complexity index is 708. The van der Waals surface area contributed by atoms with Crippen molar-refractivity contribution in [2.75, 3.05) is 20.8 Å². The zero-order valence-corrected chi connectivity index (χ0v) is 14.3. The average Bonchev–Trinajstić information content (AvgIpc) is 2.60. The molecule has 2 rings (SSSR count). The number of hydrogen-bond acceptors (Lipinski definition) is 3. The monoisotopic (exact) mass is 325 g/mol. The molecule has 0 fully saturated rings. The Morgan fingerprint density at radius 2 is 1.71 bits per heavy atom. The molecule has 0 aromatic heterocycles. The molecule has 0 aliphatic carbocycles. The van der Waals surface area contributed by atoms with Crippen LogP contribution in [0.5, 0.6) is 11.5 Å². The SMILES string of the molecule is COc1cc(/C=C/c2ccccc2)c(CCNC(C)=O)cc1OC. The predicted octanol–water partition coefficient (Wildman–Crippen LogP) is 3.55. The Balaban J connectivity index is 2.31. The summed E-state index contributed by atoms with van der Waals surface area (Å²) in [5.74, 6) is 1.34. The molecule has 0 bridgehead atoms. The molecular weight excluding hydrogens is 302 g/mol. The Morgan fingerprint density at radius 1 is 1.04 bits per heavy atom. The van der Waals surface area contributed by atoms with Crippen LogP contribution in [0.1, 0.15) is 23.6 Å². The lowest BCUT2D eigenvalue weighted by Crippen LogP contribution is -2.22. The van der Waals surface area contributed by atoms with E-state index in [0.29, 0.717) is 24.5 Å². The summed E-state index contributed by atoms with van der Waals surface area (Å²) in [7, 11) is 3.24. The fourth-order valence-electron chi connectivity index (χ4n) is 2.43. The van der Waals surface area contributed by atoms with E-state index in [9.17, 15) is 4.79 Å². The molecule has 0 aliphatic heterocycles. The lowest BCUT2D eigenvalue weighted by atomic mass is 10.0. The van der Waals surface area contributed by atoms with Crippen molar-refractivity contribution in [2.45, 2.75) is 13.3 Å². The minimum Gasteiger partial charge on any atom is -0.493 e. The molecule has 126 valence electrons. The Hall–Kier alpha value is -2.75. The molecule has 0 aliphatic rings. The molecule has 4 nitrogen and oxygen atoms in total. The smallest absolute Gasteiger partial charge is 0.216 e. The fraction of sp³-hybridized carbons (Fsp3) is 0.250. The van der Waals surface area contributed by atoms with Crippen LogP contribution in [0.25, 0.3) is 12.2 Å². The highest BCUT2D eigenvalue weighted by Gasteiger charge is 2.09. The summed E-state index contributed by atoms with van der Waals surface area (Å²) >= 11 is 0. The van der Waals surface area contributed by atoms with Crippen LogP contribution >= 0.6 is 0 Å². The summed E-state index contributed by atoms with van der Waals surface area (Å²) in [5, 5.41) is 2.83. The van der Waals surface area contributed by atoms with Gasteiger partial charge in [0.15, 0.2) is 11.5 Å². The van der Waals surface area contributed by atoms with Crippen LogP contribution in [0.15, 0.2) is 42.5 Å². The van der Waals surface area contributed by atoms with E-state index in [1.807, 2.05) is 42.5 Å². The Morgan fingerprint density at radius 3 is 2.33 bits per heavy atom. The first-order valence-corrected chi connectivity index (χ1v) is 7.86. The molecule has 0 heterocycles. The van der Waals surface area contributed by atoms with Gasteiger partial charge in [-0.1, -0.05) is 42.5 Å². The van der Waals surface area contributed by atoms with E-state index in [1.165, 1.54) is 6.92 Å². The summed E-state index contributed by atoms with van der Waals surface area (Å²) in [4.78, 5) is 11.1. The van der Waals surface area contributed by atoms with Gasteiger partial charge in [-0.05, 0) is 35.2 Å². The van der Waals surface area contributed by atoms with Gasteiger partial charge in [0.25, 0.3) is 0 Å². The third-order valence-electron chi connectivity index (χ3n) is 3.67. The number of carbonyl (C=O) groups is 1. The minimum atomic E-state index is -0.0307. The maximum absolute atomic E-state index is 11.1. The van der Waals surface area contributed by atoms with Crippen molar-refractivity contribution in [2.24, 2.45) is 0 Å². The summed E-state index contributed by atoms with van der Waals surface area (Å²) < 4.78 is 10.8. The van der Waals surface area contributed by atoms with Crippen molar-refractivity contribution in [3.63, 3.8) is 0 Å². The standard InChI is InChI=1S/C20H23NO3/c1-15(22)21-12-11-18-14-20(24-3)19(23-2)13-17(18)10-9-16-7-5-4-6-8-16/h4-10,13-14H,11-12H2,1-3H3,(H,21,22)/b10-9+. The van der Waals surface area contributed by atoms with Gasteiger partial charge in [0.05, 0.1) is 14.2 Å². The second-order valence-corrected chi connectivity index (χ2v) is 5.38. The van der Waals surface area contributed by atoms with Crippen molar-refractivity contribution in [3.05, 3.63) is 59.2 Å². The van der Waals surface area contributed by atoms with E-state index >= 15 is 0 Å². The van der Waals surface area contributed by atoms with Crippen molar-refractivity contribution in [1.29, 1.82) is 0 Å². The summed E-state index contributed by atoms with van der Waals surface area (Å²) in [6.07, 6.45) is 4.83. The number of ether oxygens (including phenoxy) is 2. The maximum Gasteiger partial charge on any atom is 0.216 e. The van der Waals surface area contributed by atoms with Gasteiger partial charge >= 0.3 is 0 Å². The number of rotatable bonds is 7. The van der Waals surface area contributed by atoms with Gasteiger partial charge in [0, 0.05) is 13.5 Å². The second-order valence-electron chi connectivity index (χ2n) is 5.38. The molecule has 0 saturated heterocycles. The van der Waals surface area contributed by atoms with Crippen LogP contribution in [-0.2, 0) is 11.2 Å². The third-order valence-corrected chi connectivity index (χ3v) is 3.67. The highest BCUT2D eigenvalue weighted by atomic mass is 16.5. The molecule has 2 aromatic rings. The van der Waals surface area contributed by atoms with E-state index in [2.05, 4.69) is 17.5 Å². The lowest BCUT2D eigenvalue weighted by molar-refractivity contribution is -0.118. The van der Waals surface area contributed by atoms with Gasteiger partial charge in [0.2, 0.25) is 5.91 Å². The van der Waals surface area contributed by atoms with E-state index in [1.54, 1.807) is 14.2 Å². The van der Waals surface area contributed by atoms with E-state index < -0.39 is 0 Å². The molecule has 0 spiro atoms. The average molecular weight is 325 g/mol. The van der Waals surface area contributed by atoms with Gasteiger partial charge in [-0.2, -0.15) is 0 Å². The lowest BCUT2D eigenvalue weighted by Gasteiger charge is -2.13. The zero-order valence-electron chi connectivity index (χ0n) is 14.3. The molecular formula is C20H23NO3. The topological polar surface area (TPSA) is 47.6 Å². The van der Waals surface area contributed by atoms with Crippen molar-refractivity contribution in [3.8, 4) is 11.5 Å². The van der Waals surface area contributed by atoms with E-state index in [-0.39, 0.29) is 5.91 Å². The van der Waals surface area contributed by atoms with Crippen LogP contribution in [-0.4, -0.2) is 26.7 Å². The van der Waals surface area contributed by atoms with Gasteiger partial charge in [-0.15, -0.1) is 0 Å². The normalized spacial score (nSPS) is 10.6. The molecule has 0 atom stereocenters. The summed E-state index contributed by atoms with van der Waals surface area (Å²) in [6, 6.07) is 14.0. The number of hydrogen-bond donors (Lipinski definition) is 1. The first-order chi connectivity index (χ1) is 11.6. The third kappa shape index (κ3) is 4.88. The first-order valence-electron chi connectivity index (χ1n) is 7.86. The van der Waals surface area contributed by atoms with Crippen LogP contribution in [0, 0.1) is 0 Å². The summed E-state index contributed by atoms with van der Waals surface area (Å²) in [6.45, 7) is 2.10. The predicted molar refractivity (Wildman–Crippen MR) is 97.3 cm³/mol. The van der Waals surface area contributed by atoms with Crippen LogP contribution in [0.3, 0.4) is 0 Å². The van der Waals surface area contributed by atoms with E-state index in [4.69, 9.17) is 9.47 Å². The highest BCUT2D eigenvalue weighted by Crippen LogP contribution is 2.31. The van der Waals surface area contributed by atoms with E-state index in [0.717, 1.165) is 16.7 Å². The molecule has 0 radical (unpaired) electrons. The van der Waals surface area contributed by atoms with Gasteiger partial charge in [0.1, 0.15) is 0 Å². The largest absolute Gasteiger partial charge is 0.493 e. The second kappa shape index (κ2) is 8.77. The number of amides is 1. The number of nitrogens with one attached hydrogen (secondary N) is 1. The Labute approximate surface area is 143 Å². The van der Waals surface area contributed by atoms with Crippen LogP contribution in [0.2, 0.25) is 0 Å². The molecule has 1 N–H and O–H groups in total. The molecule has 1 amide bonds. The van der Waals surface area contributed by atoms with Crippen LogP contribution < -0.4 is 14.8 Å². The Kier molecular flexibility index (Phi) is 6.43. The van der Waals surface area contributed by atoms with Crippen molar-refractivity contribution >= 4 is 18.1 Å². The quantitative estimate of drug-likeness (QED) is 0.792. The van der Waals surface area contributed by atoms with Gasteiger partial charge < -0.3 is 14.8 Å². The highest BCUT2D eigenvalue weighted by molar-refractivity contribution is 5.74. The summed E-state index contributed by atoms with van der Waals surface area (Å²) in [5.41, 5.74) is 3.26. The van der Waals surface area contributed by atoms with Crippen molar-refractivity contribution < 1.29 is 14.3 Å².